The first-order chi connectivity index (χ1) is 10.2. The summed E-state index contributed by atoms with van der Waals surface area (Å²) in [6, 6.07) is 30.2. The van der Waals surface area contributed by atoms with Crippen LogP contribution in [-0.4, -0.2) is 48.0 Å². The Bertz CT molecular complexity index is 497. The van der Waals surface area contributed by atoms with Crippen LogP contribution in [0.15, 0.2) is 91.0 Å². The Labute approximate surface area is 178 Å². The molecular formula is C18H15HgSe3. The predicted molar refractivity (Wildman–Crippen MR) is 95.5 cm³/mol. The molecule has 0 spiro atoms. The zero-order valence-corrected chi connectivity index (χ0v) is 22.7. The van der Waals surface area contributed by atoms with E-state index in [9.17, 15) is 0 Å². The molecule has 0 amide bonds. The minimum atomic E-state index is 0. The van der Waals surface area contributed by atoms with Gasteiger partial charge in [-0.25, -0.2) is 0 Å². The molecule has 0 nitrogen and oxygen atoms in total. The van der Waals surface area contributed by atoms with Crippen LogP contribution in [0.2, 0.25) is 0 Å². The first kappa shape index (κ1) is 22.2. The molecule has 22 heavy (non-hydrogen) atoms. The second-order valence-electron chi connectivity index (χ2n) is 3.94. The molecule has 3 aromatic rings. The van der Waals surface area contributed by atoms with Crippen molar-refractivity contribution in [1.29, 1.82) is 0 Å². The third-order valence-electron chi connectivity index (χ3n) is 2.23. The first-order valence-electron chi connectivity index (χ1n) is 6.34. The fourth-order valence-corrected chi connectivity index (χ4v) is 2.25. The van der Waals surface area contributed by atoms with E-state index in [0.717, 1.165) is 0 Å². The van der Waals surface area contributed by atoms with E-state index in [1.54, 1.807) is 0 Å². The van der Waals surface area contributed by atoms with Gasteiger partial charge in [0.2, 0.25) is 0 Å². The van der Waals surface area contributed by atoms with Gasteiger partial charge in [0.05, 0.1) is 0 Å². The third-order valence-corrected chi connectivity index (χ3v) is 3.94. The van der Waals surface area contributed by atoms with Gasteiger partial charge in [0.25, 0.3) is 0 Å². The van der Waals surface area contributed by atoms with Crippen LogP contribution in [0.1, 0.15) is 0 Å². The summed E-state index contributed by atoms with van der Waals surface area (Å²) in [4.78, 5) is 0. The summed E-state index contributed by atoms with van der Waals surface area (Å²) < 4.78 is 3.59. The van der Waals surface area contributed by atoms with Crippen LogP contribution in [0, 0.1) is 0 Å². The van der Waals surface area contributed by atoms with Crippen LogP contribution >= 0.6 is 0 Å². The summed E-state index contributed by atoms with van der Waals surface area (Å²) in [7, 11) is 0. The summed E-state index contributed by atoms with van der Waals surface area (Å²) >= 11 is 8.71. The Kier molecular flexibility index (Phi) is 14.8. The van der Waals surface area contributed by atoms with Crippen molar-refractivity contribution in [2.45, 2.75) is 0 Å². The van der Waals surface area contributed by atoms with Crippen LogP contribution in [0.3, 0.4) is 0 Å². The van der Waals surface area contributed by atoms with Gasteiger partial charge < -0.3 is 0 Å². The second-order valence-corrected chi connectivity index (χ2v) is 6.91. The molecule has 0 heterocycles. The molecule has 0 saturated carbocycles. The number of benzene rings is 3. The molecule has 0 fully saturated rings. The molecule has 4 heteroatoms. The SMILES string of the molecule is [Hg+].[Se-]c1ccccc1.[Se]c1ccccc1.[Se]c1ccccc1. The van der Waals surface area contributed by atoms with Gasteiger partial charge in [0.15, 0.2) is 0 Å². The zero-order chi connectivity index (χ0) is 15.3. The molecule has 0 atom stereocenters. The molecular weight excluding hydrogens is 654 g/mol. The van der Waals surface area contributed by atoms with Crippen molar-refractivity contribution in [3.8, 4) is 0 Å². The third kappa shape index (κ3) is 12.7. The molecule has 0 aromatic heterocycles. The Morgan fingerprint density at radius 1 is 0.500 bits per heavy atom. The van der Waals surface area contributed by atoms with Crippen LogP contribution in [0.25, 0.3) is 0 Å². The first-order valence-corrected chi connectivity index (χ1v) is 8.91. The van der Waals surface area contributed by atoms with Gasteiger partial charge in [0, 0.05) is 0 Å². The zero-order valence-electron chi connectivity index (χ0n) is 12.1. The Morgan fingerprint density at radius 3 is 0.909 bits per heavy atom. The fourth-order valence-electron chi connectivity index (χ4n) is 1.26. The minimum absolute atomic E-state index is 0. The van der Waals surface area contributed by atoms with E-state index in [2.05, 4.69) is 48.0 Å². The Morgan fingerprint density at radius 2 is 0.773 bits per heavy atom. The second kappa shape index (κ2) is 14.7. The molecule has 0 unspecified atom stereocenters. The summed E-state index contributed by atoms with van der Waals surface area (Å²) in [5.74, 6) is 0. The number of rotatable bonds is 0. The standard InChI is InChI=1S/C6H6Se.2C6H5Se.Hg/c3*7-6-4-2-1-3-5-6;/h1-5,7H;2*1-5H;/q;;;+1/p-1. The molecule has 0 aliphatic carbocycles. The van der Waals surface area contributed by atoms with Gasteiger partial charge in [-0.05, 0) is 0 Å². The van der Waals surface area contributed by atoms with Crippen molar-refractivity contribution in [2.75, 3.05) is 0 Å². The van der Waals surface area contributed by atoms with Crippen molar-refractivity contribution in [2.24, 2.45) is 0 Å². The van der Waals surface area contributed by atoms with E-state index in [1.165, 1.54) is 13.4 Å². The maximum absolute atomic E-state index is 2.90. The molecule has 0 aliphatic rings. The van der Waals surface area contributed by atoms with E-state index in [4.69, 9.17) is 0 Å². The van der Waals surface area contributed by atoms with E-state index < -0.39 is 0 Å². The quantitative estimate of drug-likeness (QED) is 0.319. The van der Waals surface area contributed by atoms with Crippen LogP contribution in [0.5, 0.6) is 0 Å². The van der Waals surface area contributed by atoms with Gasteiger partial charge >= 0.3 is 180 Å². The Hall–Kier alpha value is 0.154. The Balaban J connectivity index is 0.000000294. The van der Waals surface area contributed by atoms with Crippen molar-refractivity contribution in [3.05, 3.63) is 91.0 Å². The molecule has 107 valence electrons. The van der Waals surface area contributed by atoms with Crippen molar-refractivity contribution in [3.63, 3.8) is 0 Å². The summed E-state index contributed by atoms with van der Waals surface area (Å²) in [5, 5.41) is 0. The van der Waals surface area contributed by atoms with Gasteiger partial charge in [-0.15, -0.1) is 0 Å². The molecule has 3 aromatic carbocycles. The summed E-state index contributed by atoms with van der Waals surface area (Å²) in [5.41, 5.74) is 0. The van der Waals surface area contributed by atoms with E-state index in [-0.39, 0.29) is 27.7 Å². The van der Waals surface area contributed by atoms with Crippen molar-refractivity contribution >= 4 is 61.4 Å². The number of hydrogen-bond acceptors (Lipinski definition) is 0. The maximum atomic E-state index is 2.90. The topological polar surface area (TPSA) is 0 Å². The van der Waals surface area contributed by atoms with Crippen LogP contribution in [-0.2, 0) is 27.7 Å². The van der Waals surface area contributed by atoms with E-state index in [0.29, 0.717) is 0 Å². The van der Waals surface area contributed by atoms with E-state index >= 15 is 0 Å². The number of hydrogen-bond donors (Lipinski definition) is 0. The molecule has 0 saturated heterocycles. The van der Waals surface area contributed by atoms with Gasteiger partial charge in [-0.1, -0.05) is 0 Å². The van der Waals surface area contributed by atoms with Crippen LogP contribution < -0.4 is 13.4 Å². The van der Waals surface area contributed by atoms with Crippen molar-refractivity contribution < 1.29 is 27.7 Å². The normalized spacial score (nSPS) is 8.18. The fraction of sp³-hybridized carbons (Fsp3) is 0. The molecule has 3 radical (unpaired) electrons. The van der Waals surface area contributed by atoms with E-state index in [1.807, 2.05) is 91.0 Å². The van der Waals surface area contributed by atoms with Crippen LogP contribution in [0.4, 0.5) is 0 Å². The molecule has 0 bridgehead atoms. The molecule has 0 N–H and O–H groups in total. The predicted octanol–water partition coefficient (Wildman–Crippen LogP) is 1.44. The van der Waals surface area contributed by atoms with Gasteiger partial charge in [-0.2, -0.15) is 0 Å². The van der Waals surface area contributed by atoms with Gasteiger partial charge in [0.1, 0.15) is 0 Å². The molecule has 0 aliphatic heterocycles. The van der Waals surface area contributed by atoms with Crippen molar-refractivity contribution in [1.82, 2.24) is 0 Å². The average molecular weight is 669 g/mol. The van der Waals surface area contributed by atoms with Gasteiger partial charge in [-0.3, -0.25) is 0 Å². The monoisotopic (exact) mass is 673 g/mol. The average Bonchev–Trinajstić information content (AvgIpc) is 2.51. The summed E-state index contributed by atoms with van der Waals surface area (Å²) in [6.07, 6.45) is 0. The summed E-state index contributed by atoms with van der Waals surface area (Å²) in [6.45, 7) is 0. The molecule has 3 rings (SSSR count).